The molecule has 3 saturated heterocycles. The number of aryl methyl sites for hydroxylation is 1. The molecule has 0 aromatic heterocycles. The summed E-state index contributed by atoms with van der Waals surface area (Å²) in [6.45, 7) is 39.7. The second kappa shape index (κ2) is 21.7. The van der Waals surface area contributed by atoms with Crippen molar-refractivity contribution in [3.8, 4) is 0 Å². The van der Waals surface area contributed by atoms with Crippen LogP contribution in [0.1, 0.15) is 118 Å². The fourth-order valence-corrected chi connectivity index (χ4v) is 12.1. The Morgan fingerprint density at radius 2 is 1.52 bits per heavy atom. The summed E-state index contributed by atoms with van der Waals surface area (Å²) in [5, 5.41) is 0.0447. The van der Waals surface area contributed by atoms with Gasteiger partial charge in [-0.05, 0) is 117 Å². The zero-order valence-electron chi connectivity index (χ0n) is 39.2. The Morgan fingerprint density at radius 3 is 2.12 bits per heavy atom. The number of sulfone groups is 1. The van der Waals surface area contributed by atoms with Gasteiger partial charge in [0.2, 0.25) is 0 Å². The Balaban J connectivity index is 1.40. The maximum atomic E-state index is 14.0. The minimum atomic E-state index is -3.57. The van der Waals surface area contributed by atoms with E-state index in [9.17, 15) is 8.42 Å². The highest BCUT2D eigenvalue weighted by atomic mass is 35.5. The van der Waals surface area contributed by atoms with Gasteiger partial charge in [-0.15, -0.1) is 11.6 Å². The smallest absolute Gasteiger partial charge is 0.192 e. The van der Waals surface area contributed by atoms with E-state index >= 15 is 0 Å². The van der Waals surface area contributed by atoms with Crippen LogP contribution in [-0.2, 0) is 44.1 Å². The van der Waals surface area contributed by atoms with Crippen molar-refractivity contribution in [3.05, 3.63) is 66.3 Å². The molecule has 0 bridgehead atoms. The van der Waals surface area contributed by atoms with Crippen LogP contribution < -0.4 is 0 Å². The highest BCUT2D eigenvalue weighted by Crippen LogP contribution is 2.42. The number of hydrogen-bond donors (Lipinski definition) is 0. The van der Waals surface area contributed by atoms with E-state index in [4.69, 9.17) is 39.4 Å². The Bertz CT molecular complexity index is 1680. The first-order valence-electron chi connectivity index (χ1n) is 22.7. The molecule has 0 unspecified atom stereocenters. The van der Waals surface area contributed by atoms with Crippen molar-refractivity contribution in [3.63, 3.8) is 0 Å². The van der Waals surface area contributed by atoms with Crippen LogP contribution in [0.5, 0.6) is 0 Å². The molecule has 1 aromatic carbocycles. The second-order valence-electron chi connectivity index (χ2n) is 20.9. The number of halogens is 1. The quantitative estimate of drug-likeness (QED) is 0.0464. The van der Waals surface area contributed by atoms with Crippen LogP contribution in [0.4, 0.5) is 0 Å². The fraction of sp³-hybridized carbons (Fsp3) is 0.750. The number of benzene rings is 1. The van der Waals surface area contributed by atoms with Crippen LogP contribution >= 0.6 is 11.6 Å². The SMILES string of the molecule is C=C(CC[C@@H](Cl)CC[C@@H]1O[C@@H](CCC2OCCO2)CC1=C)C(=C)C[C@@H]1O[C@H](C[C@@H](CO[Si](C)(C)C(C)(C)C)O[Si](C)(C)C(C)(C)C)C[C@H]1CS(=O)(=O)c1ccc(CC)cc1. The molecule has 0 N–H and O–H groups in total. The highest BCUT2D eigenvalue weighted by Gasteiger charge is 2.44. The third-order valence-electron chi connectivity index (χ3n) is 14.0. The molecule has 3 aliphatic rings. The van der Waals surface area contributed by atoms with Crippen LogP contribution in [0.25, 0.3) is 0 Å². The Labute approximate surface area is 372 Å². The van der Waals surface area contributed by atoms with Crippen molar-refractivity contribution in [1.29, 1.82) is 0 Å². The fourth-order valence-electron chi connectivity index (χ4n) is 7.82. The van der Waals surface area contributed by atoms with E-state index in [0.29, 0.717) is 50.4 Å². The number of rotatable bonds is 23. The summed E-state index contributed by atoms with van der Waals surface area (Å²) >= 11 is 6.91. The zero-order chi connectivity index (χ0) is 44.7. The predicted octanol–water partition coefficient (Wildman–Crippen LogP) is 12.1. The van der Waals surface area contributed by atoms with Gasteiger partial charge in [-0.1, -0.05) is 91.5 Å². The molecule has 4 rings (SSSR count). The van der Waals surface area contributed by atoms with Crippen LogP contribution in [-0.4, -0.2) is 92.8 Å². The van der Waals surface area contributed by atoms with Crippen molar-refractivity contribution in [1.82, 2.24) is 0 Å². The van der Waals surface area contributed by atoms with Gasteiger partial charge in [-0.25, -0.2) is 8.42 Å². The molecule has 7 atom stereocenters. The molecule has 0 saturated carbocycles. The van der Waals surface area contributed by atoms with Crippen LogP contribution in [0, 0.1) is 5.92 Å². The average Bonchev–Trinajstić information content (AvgIpc) is 3.90. The lowest BCUT2D eigenvalue weighted by molar-refractivity contribution is -0.0585. The molecular formula is C48H81ClO8SSi2. The number of hydrogen-bond acceptors (Lipinski definition) is 8. The Hall–Kier alpha value is -1.13. The van der Waals surface area contributed by atoms with Gasteiger partial charge < -0.3 is 27.8 Å². The molecule has 8 nitrogen and oxygen atoms in total. The maximum Gasteiger partial charge on any atom is 0.192 e. The van der Waals surface area contributed by atoms with Crippen molar-refractivity contribution in [2.75, 3.05) is 25.6 Å². The lowest BCUT2D eigenvalue weighted by Crippen LogP contribution is -2.48. The monoisotopic (exact) mass is 908 g/mol. The van der Waals surface area contributed by atoms with Gasteiger partial charge in [0.1, 0.15) is 0 Å². The number of ether oxygens (including phenoxy) is 4. The third kappa shape index (κ3) is 15.0. The first-order chi connectivity index (χ1) is 27.8. The van der Waals surface area contributed by atoms with Gasteiger partial charge in [0.15, 0.2) is 32.8 Å². The first kappa shape index (κ1) is 51.5. The van der Waals surface area contributed by atoms with Crippen LogP contribution in [0.3, 0.4) is 0 Å². The zero-order valence-corrected chi connectivity index (χ0v) is 42.8. The van der Waals surface area contributed by atoms with Gasteiger partial charge in [0.25, 0.3) is 0 Å². The second-order valence-corrected chi connectivity index (χ2v) is 33.1. The predicted molar refractivity (Wildman–Crippen MR) is 253 cm³/mol. The molecular weight excluding hydrogens is 828 g/mol. The average molecular weight is 910 g/mol. The number of alkyl halides is 1. The van der Waals surface area contributed by atoms with Gasteiger partial charge in [0, 0.05) is 24.1 Å². The summed E-state index contributed by atoms with van der Waals surface area (Å²) in [6.07, 6.45) is 7.74. The van der Waals surface area contributed by atoms with Crippen molar-refractivity contribution >= 4 is 38.1 Å². The third-order valence-corrected chi connectivity index (χ3v) is 25.3. The maximum absolute atomic E-state index is 14.0. The molecule has 0 aliphatic carbocycles. The standard InChI is InChI=1S/C48H81ClO8SSi2/c1-15-37-17-22-43(23-18-37)58(50,51)33-38-30-41(31-42(57-60(13,14)48(8,9)10)32-54-59(11,12)47(5,6)7)56-45(38)29-35(3)34(2)16-19-39(49)20-24-44-36(4)28-40(55-44)21-25-46-52-26-27-53-46/h17-18,22-23,38-42,44-46H,2-4,15-16,19-21,24-33H2,1,5-14H3/t38-,39+,40-,41-,42-,44-,45-/m0/s1. The van der Waals surface area contributed by atoms with E-state index in [1.165, 1.54) is 0 Å². The van der Waals surface area contributed by atoms with E-state index in [1.807, 2.05) is 12.1 Å². The molecule has 0 radical (unpaired) electrons. The van der Waals surface area contributed by atoms with Crippen molar-refractivity contribution < 1.29 is 36.2 Å². The topological polar surface area (TPSA) is 89.5 Å². The molecule has 3 heterocycles. The van der Waals surface area contributed by atoms with Crippen molar-refractivity contribution in [2.24, 2.45) is 5.92 Å². The van der Waals surface area contributed by atoms with Crippen LogP contribution in [0.15, 0.2) is 65.6 Å². The molecule has 1 aromatic rings. The molecule has 3 aliphatic heterocycles. The van der Waals surface area contributed by atoms with Gasteiger partial charge in [0.05, 0.1) is 61.0 Å². The first-order valence-corrected chi connectivity index (χ1v) is 30.6. The lowest BCUT2D eigenvalue weighted by Gasteiger charge is -2.42. The molecule has 3 fully saturated rings. The summed E-state index contributed by atoms with van der Waals surface area (Å²) in [5.74, 6) is -0.206. The summed E-state index contributed by atoms with van der Waals surface area (Å²) in [4.78, 5) is 0.357. The Morgan fingerprint density at radius 1 is 0.883 bits per heavy atom. The van der Waals surface area contributed by atoms with Gasteiger partial charge >= 0.3 is 0 Å². The molecule has 60 heavy (non-hydrogen) atoms. The van der Waals surface area contributed by atoms with Crippen LogP contribution in [0.2, 0.25) is 36.3 Å². The molecule has 0 amide bonds. The highest BCUT2D eigenvalue weighted by molar-refractivity contribution is 7.91. The van der Waals surface area contributed by atoms with E-state index in [1.54, 1.807) is 12.1 Å². The normalized spacial score (nSPS) is 24.6. The van der Waals surface area contributed by atoms with E-state index in [2.05, 4.69) is 94.4 Å². The van der Waals surface area contributed by atoms with E-state index < -0.39 is 26.5 Å². The molecule has 0 spiro atoms. The largest absolute Gasteiger partial charge is 0.414 e. The van der Waals surface area contributed by atoms with E-state index in [0.717, 1.165) is 67.2 Å². The summed E-state index contributed by atoms with van der Waals surface area (Å²) in [6, 6.07) is 7.32. The lowest BCUT2D eigenvalue weighted by atomic mass is 9.91. The minimum absolute atomic E-state index is 0.00883. The summed E-state index contributed by atoms with van der Waals surface area (Å²) in [5.41, 5.74) is 4.07. The molecule has 342 valence electrons. The molecule has 12 heteroatoms. The summed E-state index contributed by atoms with van der Waals surface area (Å²) in [7, 11) is -7.80. The van der Waals surface area contributed by atoms with Gasteiger partial charge in [-0.2, -0.15) is 0 Å². The van der Waals surface area contributed by atoms with Gasteiger partial charge in [-0.3, -0.25) is 0 Å². The van der Waals surface area contributed by atoms with Crippen molar-refractivity contribution in [2.45, 2.75) is 202 Å². The van der Waals surface area contributed by atoms with E-state index in [-0.39, 0.29) is 63.9 Å². The summed E-state index contributed by atoms with van der Waals surface area (Å²) < 4.78 is 66.2. The minimum Gasteiger partial charge on any atom is -0.414 e. The Kier molecular flexibility index (Phi) is 18.6. The number of allylic oxidation sites excluding steroid dienone is 1.